The summed E-state index contributed by atoms with van der Waals surface area (Å²) in [4.78, 5) is 4.12. The highest BCUT2D eigenvalue weighted by Crippen LogP contribution is 2.64. The van der Waals surface area contributed by atoms with E-state index in [0.717, 1.165) is 66.8 Å². The second kappa shape index (κ2) is 12.7. The molecule has 0 bridgehead atoms. The monoisotopic (exact) mass is 745 g/mol. The van der Waals surface area contributed by atoms with Gasteiger partial charge in [-0.15, -0.1) is 0 Å². The summed E-state index contributed by atoms with van der Waals surface area (Å²) in [7, 11) is 0. The molecule has 1 unspecified atom stereocenters. The van der Waals surface area contributed by atoms with Crippen LogP contribution in [0.2, 0.25) is 0 Å². The van der Waals surface area contributed by atoms with E-state index < -0.39 is 11.5 Å². The zero-order chi connectivity index (χ0) is 42.6. The van der Waals surface area contributed by atoms with Gasteiger partial charge in [0.1, 0.15) is 11.2 Å². The highest BCUT2D eigenvalue weighted by molar-refractivity contribution is 6.13. The Labute approximate surface area is 344 Å². The van der Waals surface area contributed by atoms with Gasteiger partial charge in [0.25, 0.3) is 0 Å². The SMILES string of the molecule is [2H]c1c([2H])c([2H])c(N(c2ccccc2)c2ccc3c(c2)-c2ccccc2C32c3ccccc3-c3cc(N(c4ccccc4)c4cccc5oc6ccccc6c45)ccc32)c([2H])c1[2H]. The average Bonchev–Trinajstić information content (AvgIpc) is 3.96. The molecule has 272 valence electrons. The zero-order valence-electron chi connectivity index (χ0n) is 36.2. The van der Waals surface area contributed by atoms with Crippen LogP contribution < -0.4 is 9.80 Å². The maximum absolute atomic E-state index is 9.03. The first-order valence-electron chi connectivity index (χ1n) is 22.0. The van der Waals surface area contributed by atoms with Crippen molar-refractivity contribution in [1.82, 2.24) is 0 Å². The number of rotatable bonds is 6. The van der Waals surface area contributed by atoms with E-state index in [1.165, 1.54) is 16.7 Å². The van der Waals surface area contributed by atoms with Crippen LogP contribution in [0.4, 0.5) is 34.1 Å². The van der Waals surface area contributed by atoms with Crippen LogP contribution in [0, 0.1) is 0 Å². The summed E-state index contributed by atoms with van der Waals surface area (Å²) >= 11 is 0. The Morgan fingerprint density at radius 3 is 1.55 bits per heavy atom. The van der Waals surface area contributed by atoms with Crippen LogP contribution >= 0.6 is 0 Å². The summed E-state index contributed by atoms with van der Waals surface area (Å²) in [5, 5.41) is 2.11. The maximum Gasteiger partial charge on any atom is 0.137 e. The Hall–Kier alpha value is -7.62. The third-order valence-electron chi connectivity index (χ3n) is 11.9. The van der Waals surface area contributed by atoms with Crippen molar-refractivity contribution >= 4 is 56.1 Å². The van der Waals surface area contributed by atoms with E-state index in [1.54, 1.807) is 4.90 Å². The maximum atomic E-state index is 9.03. The van der Waals surface area contributed by atoms with Crippen molar-refractivity contribution in [3.05, 3.63) is 241 Å². The van der Waals surface area contributed by atoms with E-state index in [0.29, 0.717) is 11.4 Å². The van der Waals surface area contributed by atoms with Gasteiger partial charge in [-0.05, 0) is 123 Å². The summed E-state index contributed by atoms with van der Waals surface area (Å²) in [6, 6.07) is 63.3. The van der Waals surface area contributed by atoms with Crippen LogP contribution in [0.15, 0.2) is 223 Å². The number of para-hydroxylation sites is 4. The quantitative estimate of drug-likeness (QED) is 0.169. The van der Waals surface area contributed by atoms with Crippen LogP contribution in [-0.4, -0.2) is 0 Å². The van der Waals surface area contributed by atoms with Gasteiger partial charge >= 0.3 is 0 Å². The number of hydrogen-bond acceptors (Lipinski definition) is 3. The minimum Gasteiger partial charge on any atom is -0.456 e. The normalized spacial score (nSPS) is 15.8. The second-order valence-corrected chi connectivity index (χ2v) is 14.9. The second-order valence-electron chi connectivity index (χ2n) is 14.9. The Balaban J connectivity index is 1.09. The van der Waals surface area contributed by atoms with Crippen molar-refractivity contribution in [3.8, 4) is 22.3 Å². The van der Waals surface area contributed by atoms with Crippen LogP contribution in [-0.2, 0) is 5.41 Å². The standard InChI is InChI=1S/C55H36N2O/c1-4-17-37(18-5-1)56(38-19-6-2-7-20-38)40-31-33-49-45(35-40)42-23-10-13-26-47(42)55(49)48-27-14-11-24-43(48)46-36-41(32-34-50(46)55)57(39-21-8-3-9-22-39)51-28-16-30-53-54(51)44-25-12-15-29-52(44)58-53/h1-36H/i1D,4D,5D,17D,18D. The first-order valence-corrected chi connectivity index (χ1v) is 19.5. The predicted molar refractivity (Wildman–Crippen MR) is 239 cm³/mol. The number of hydrogen-bond donors (Lipinski definition) is 0. The van der Waals surface area contributed by atoms with Gasteiger partial charge in [0.05, 0.1) is 23.3 Å². The van der Waals surface area contributed by atoms with Gasteiger partial charge in [-0.3, -0.25) is 0 Å². The summed E-state index contributed by atoms with van der Waals surface area (Å²) in [5.41, 5.74) is 14.6. The smallest absolute Gasteiger partial charge is 0.137 e. The van der Waals surface area contributed by atoms with Crippen LogP contribution in [0.3, 0.4) is 0 Å². The third kappa shape index (κ3) is 4.62. The molecule has 0 aliphatic heterocycles. The molecule has 2 aliphatic carbocycles. The molecule has 0 saturated heterocycles. The Kier molecular flexibility index (Phi) is 6.11. The molecule has 12 rings (SSSR count). The molecule has 0 amide bonds. The molecule has 10 aromatic rings. The van der Waals surface area contributed by atoms with Crippen molar-refractivity contribution in [1.29, 1.82) is 0 Å². The van der Waals surface area contributed by atoms with Gasteiger partial charge in [0.15, 0.2) is 0 Å². The summed E-state index contributed by atoms with van der Waals surface area (Å²) in [6.45, 7) is 0. The fraction of sp³-hybridized carbons (Fsp3) is 0.0182. The van der Waals surface area contributed by atoms with Crippen LogP contribution in [0.25, 0.3) is 44.2 Å². The first kappa shape index (κ1) is 27.9. The van der Waals surface area contributed by atoms with Crippen molar-refractivity contribution < 1.29 is 11.3 Å². The van der Waals surface area contributed by atoms with Crippen LogP contribution in [0.1, 0.15) is 29.1 Å². The number of anilines is 6. The minimum atomic E-state index is -0.651. The molecule has 3 heteroatoms. The highest BCUT2D eigenvalue weighted by atomic mass is 16.3. The molecule has 1 atom stereocenters. The van der Waals surface area contributed by atoms with Gasteiger partial charge in [-0.25, -0.2) is 0 Å². The molecule has 1 spiro atoms. The first-order chi connectivity index (χ1) is 30.9. The van der Waals surface area contributed by atoms with E-state index in [-0.39, 0.29) is 29.9 Å². The lowest BCUT2D eigenvalue weighted by Crippen LogP contribution is -2.26. The minimum absolute atomic E-state index is 0.0966. The molecular weight excluding hydrogens is 705 g/mol. The lowest BCUT2D eigenvalue weighted by molar-refractivity contribution is 0.669. The van der Waals surface area contributed by atoms with E-state index >= 15 is 0 Å². The number of fused-ring (bicyclic) bond motifs is 13. The highest BCUT2D eigenvalue weighted by Gasteiger charge is 2.51. The fourth-order valence-electron chi connectivity index (χ4n) is 9.69. The summed E-state index contributed by atoms with van der Waals surface area (Å²) < 4.78 is 49.9. The lowest BCUT2D eigenvalue weighted by atomic mass is 9.70. The van der Waals surface area contributed by atoms with Crippen molar-refractivity contribution in [2.24, 2.45) is 0 Å². The number of furan rings is 1. The van der Waals surface area contributed by atoms with Gasteiger partial charge in [-0.2, -0.15) is 0 Å². The van der Waals surface area contributed by atoms with Crippen molar-refractivity contribution in [2.45, 2.75) is 5.41 Å². The summed E-state index contributed by atoms with van der Waals surface area (Å²) in [6.07, 6.45) is 0. The zero-order valence-corrected chi connectivity index (χ0v) is 31.2. The molecule has 9 aromatic carbocycles. The Bertz CT molecular complexity index is 3470. The third-order valence-corrected chi connectivity index (χ3v) is 11.9. The van der Waals surface area contributed by atoms with Gasteiger partial charge < -0.3 is 14.2 Å². The fourth-order valence-corrected chi connectivity index (χ4v) is 9.69. The van der Waals surface area contributed by atoms with E-state index in [2.05, 4.69) is 132 Å². The van der Waals surface area contributed by atoms with Gasteiger partial charge in [0, 0.05) is 33.8 Å². The molecular formula is C55H36N2O. The molecule has 2 aliphatic rings. The molecule has 1 aromatic heterocycles. The molecule has 0 radical (unpaired) electrons. The molecule has 0 N–H and O–H groups in total. The molecule has 0 saturated carbocycles. The number of benzene rings is 9. The van der Waals surface area contributed by atoms with E-state index in [4.69, 9.17) is 11.3 Å². The van der Waals surface area contributed by atoms with E-state index in [9.17, 15) is 0 Å². The Morgan fingerprint density at radius 1 is 0.379 bits per heavy atom. The Morgan fingerprint density at radius 2 is 0.897 bits per heavy atom. The topological polar surface area (TPSA) is 19.6 Å². The predicted octanol–water partition coefficient (Wildman–Crippen LogP) is 14.9. The molecule has 1 heterocycles. The van der Waals surface area contributed by atoms with E-state index in [1.807, 2.05) is 60.7 Å². The van der Waals surface area contributed by atoms with Crippen molar-refractivity contribution in [3.63, 3.8) is 0 Å². The number of nitrogens with zero attached hydrogens (tertiary/aromatic N) is 2. The van der Waals surface area contributed by atoms with Crippen molar-refractivity contribution in [2.75, 3.05) is 9.80 Å². The molecule has 3 nitrogen and oxygen atoms in total. The lowest BCUT2D eigenvalue weighted by Gasteiger charge is -2.32. The molecule has 58 heavy (non-hydrogen) atoms. The van der Waals surface area contributed by atoms with Gasteiger partial charge in [-0.1, -0.05) is 139 Å². The summed E-state index contributed by atoms with van der Waals surface area (Å²) in [5.74, 6) is 0. The van der Waals surface area contributed by atoms with Gasteiger partial charge in [0.2, 0.25) is 0 Å². The molecule has 0 fully saturated rings. The average molecular weight is 746 g/mol. The van der Waals surface area contributed by atoms with Crippen LogP contribution in [0.5, 0.6) is 0 Å². The largest absolute Gasteiger partial charge is 0.456 e.